The number of rotatable bonds is 5. The van der Waals surface area contributed by atoms with Crippen LogP contribution in [0, 0.1) is 5.92 Å². The Labute approximate surface area is 187 Å². The molecule has 2 aliphatic heterocycles. The van der Waals surface area contributed by atoms with Crippen molar-refractivity contribution in [2.45, 2.75) is 38.4 Å². The fourth-order valence-electron chi connectivity index (χ4n) is 5.04. The lowest BCUT2D eigenvalue weighted by Gasteiger charge is -2.42. The van der Waals surface area contributed by atoms with Crippen LogP contribution in [0.4, 0.5) is 13.2 Å². The Morgan fingerprint density at radius 3 is 2.45 bits per heavy atom. The first-order valence-electron chi connectivity index (χ1n) is 10.8. The van der Waals surface area contributed by atoms with E-state index >= 15 is 0 Å². The Morgan fingerprint density at radius 2 is 1.76 bits per heavy atom. The minimum atomic E-state index is -4.75. The number of hydrogen-bond donors (Lipinski definition) is 1. The molecule has 1 N–H and O–H groups in total. The zero-order chi connectivity index (χ0) is 23.2. The van der Waals surface area contributed by atoms with Gasteiger partial charge in [-0.25, -0.2) is 0 Å². The molecule has 4 heterocycles. The van der Waals surface area contributed by atoms with E-state index in [0.717, 1.165) is 31.0 Å². The van der Waals surface area contributed by atoms with Crippen LogP contribution in [0.15, 0.2) is 57.7 Å². The number of hydrogen-bond acceptors (Lipinski definition) is 5. The number of fused-ring (bicyclic) bond motifs is 4. The predicted octanol–water partition coefficient (Wildman–Crippen LogP) is 4.12. The number of aliphatic hydroxyl groups excluding tert-OH is 1. The number of aromatic nitrogens is 1. The highest BCUT2D eigenvalue weighted by Gasteiger charge is 2.35. The van der Waals surface area contributed by atoms with Crippen LogP contribution in [0.25, 0.3) is 11.1 Å². The quantitative estimate of drug-likeness (QED) is 0.621. The molecule has 3 aromatic rings. The fourth-order valence-corrected chi connectivity index (χ4v) is 5.04. The summed E-state index contributed by atoms with van der Waals surface area (Å²) in [6.07, 6.45) is -3.74. The summed E-state index contributed by atoms with van der Waals surface area (Å²) < 4.78 is 48.6. The van der Waals surface area contributed by atoms with Crippen molar-refractivity contribution in [3.05, 3.63) is 76.1 Å². The van der Waals surface area contributed by atoms with Crippen LogP contribution in [-0.2, 0) is 19.7 Å². The average Bonchev–Trinajstić information content (AvgIpc) is 3.22. The van der Waals surface area contributed by atoms with E-state index in [-0.39, 0.29) is 23.8 Å². The van der Waals surface area contributed by atoms with E-state index in [1.54, 1.807) is 12.1 Å². The van der Waals surface area contributed by atoms with Crippen LogP contribution in [0.1, 0.15) is 29.6 Å². The van der Waals surface area contributed by atoms with E-state index < -0.39 is 6.36 Å². The monoisotopic (exact) mass is 460 g/mol. The molecule has 33 heavy (non-hydrogen) atoms. The zero-order valence-corrected chi connectivity index (χ0v) is 17.7. The third-order valence-electron chi connectivity index (χ3n) is 6.33. The molecule has 0 radical (unpaired) electrons. The molecular formula is C24H23F3N2O4. The molecule has 2 bridgehead atoms. The van der Waals surface area contributed by atoms with E-state index in [9.17, 15) is 23.1 Å². The number of pyridine rings is 1. The van der Waals surface area contributed by atoms with Crippen LogP contribution in [0.2, 0.25) is 0 Å². The third kappa shape index (κ3) is 4.56. The molecule has 1 fully saturated rings. The lowest BCUT2D eigenvalue weighted by Crippen LogP contribution is -2.46. The van der Waals surface area contributed by atoms with Crippen molar-refractivity contribution >= 4 is 0 Å². The van der Waals surface area contributed by atoms with Crippen LogP contribution in [-0.4, -0.2) is 34.0 Å². The Kier molecular flexibility index (Phi) is 5.54. The van der Waals surface area contributed by atoms with Gasteiger partial charge in [-0.3, -0.25) is 9.69 Å². The van der Waals surface area contributed by atoms with Gasteiger partial charge in [0.05, 0.1) is 6.54 Å². The first kappa shape index (κ1) is 21.8. The number of furan rings is 1. The highest BCUT2D eigenvalue weighted by Crippen LogP contribution is 2.36. The van der Waals surface area contributed by atoms with Gasteiger partial charge in [0, 0.05) is 36.8 Å². The van der Waals surface area contributed by atoms with Crippen LogP contribution < -0.4 is 10.3 Å². The number of alkyl halides is 3. The second-order valence-electron chi connectivity index (χ2n) is 8.68. The standard InChI is InChI=1S/C24H23F3N2O4/c25-24(26,27)33-18-3-1-16(2-4-18)21-7-8-22-17-9-15(11-29(22)23(21)31)10-28(12-17)13-19-5-6-20(14-30)32-19/h1-8,15,17,30H,9-14H2. The van der Waals surface area contributed by atoms with E-state index in [0.29, 0.717) is 35.9 Å². The molecule has 6 nitrogen and oxygen atoms in total. The highest BCUT2D eigenvalue weighted by atomic mass is 19.4. The molecule has 0 aliphatic carbocycles. The molecule has 0 saturated carbocycles. The Balaban J connectivity index is 1.36. The van der Waals surface area contributed by atoms with Crippen molar-refractivity contribution in [3.8, 4) is 16.9 Å². The lowest BCUT2D eigenvalue weighted by atomic mass is 9.82. The normalized spacial score (nSPS) is 20.5. The van der Waals surface area contributed by atoms with Gasteiger partial charge in [0.15, 0.2) is 0 Å². The first-order chi connectivity index (χ1) is 15.8. The second kappa shape index (κ2) is 8.39. The summed E-state index contributed by atoms with van der Waals surface area (Å²) in [6, 6.07) is 12.8. The number of halogens is 3. The van der Waals surface area contributed by atoms with Gasteiger partial charge < -0.3 is 18.8 Å². The van der Waals surface area contributed by atoms with E-state index in [2.05, 4.69) is 9.64 Å². The molecular weight excluding hydrogens is 437 g/mol. The van der Waals surface area contributed by atoms with Gasteiger partial charge in [-0.05, 0) is 54.3 Å². The van der Waals surface area contributed by atoms with Crippen molar-refractivity contribution in [3.63, 3.8) is 0 Å². The van der Waals surface area contributed by atoms with E-state index in [1.165, 1.54) is 24.3 Å². The predicted molar refractivity (Wildman–Crippen MR) is 114 cm³/mol. The largest absolute Gasteiger partial charge is 0.573 e. The van der Waals surface area contributed by atoms with Crippen molar-refractivity contribution in [1.29, 1.82) is 0 Å². The molecule has 2 aliphatic rings. The average molecular weight is 460 g/mol. The van der Waals surface area contributed by atoms with Gasteiger partial charge in [-0.2, -0.15) is 0 Å². The summed E-state index contributed by atoms with van der Waals surface area (Å²) in [5, 5.41) is 9.20. The topological polar surface area (TPSA) is 67.8 Å². The number of piperidine rings is 1. The van der Waals surface area contributed by atoms with Crippen molar-refractivity contribution in [1.82, 2.24) is 9.47 Å². The van der Waals surface area contributed by atoms with Crippen molar-refractivity contribution in [2.24, 2.45) is 5.92 Å². The molecule has 174 valence electrons. The maximum absolute atomic E-state index is 13.3. The minimum absolute atomic E-state index is 0.123. The number of ether oxygens (including phenoxy) is 1. The second-order valence-corrected chi connectivity index (χ2v) is 8.68. The summed E-state index contributed by atoms with van der Waals surface area (Å²) in [4.78, 5) is 15.6. The molecule has 5 rings (SSSR count). The molecule has 2 aromatic heterocycles. The van der Waals surface area contributed by atoms with Crippen LogP contribution in [0.5, 0.6) is 5.75 Å². The maximum atomic E-state index is 13.3. The van der Waals surface area contributed by atoms with Crippen LogP contribution in [0.3, 0.4) is 0 Å². The summed E-state index contributed by atoms with van der Waals surface area (Å²) in [5.41, 5.74) is 1.87. The highest BCUT2D eigenvalue weighted by molar-refractivity contribution is 5.63. The fraction of sp³-hybridized carbons (Fsp3) is 0.375. The third-order valence-corrected chi connectivity index (χ3v) is 6.33. The van der Waals surface area contributed by atoms with Gasteiger partial charge in [0.25, 0.3) is 5.56 Å². The molecule has 1 saturated heterocycles. The number of likely N-dealkylation sites (tertiary alicyclic amines) is 1. The maximum Gasteiger partial charge on any atom is 0.573 e. The summed E-state index contributed by atoms with van der Waals surface area (Å²) >= 11 is 0. The number of nitrogens with zero attached hydrogens (tertiary/aromatic N) is 2. The molecule has 2 unspecified atom stereocenters. The van der Waals surface area contributed by atoms with Crippen molar-refractivity contribution < 1.29 is 27.4 Å². The van der Waals surface area contributed by atoms with E-state index in [4.69, 9.17) is 4.42 Å². The van der Waals surface area contributed by atoms with Gasteiger partial charge in [-0.1, -0.05) is 12.1 Å². The number of aliphatic hydroxyl groups is 1. The number of benzene rings is 1. The van der Waals surface area contributed by atoms with Gasteiger partial charge >= 0.3 is 6.36 Å². The zero-order valence-electron chi connectivity index (χ0n) is 17.7. The van der Waals surface area contributed by atoms with E-state index in [1.807, 2.05) is 16.7 Å². The van der Waals surface area contributed by atoms with Crippen LogP contribution >= 0.6 is 0 Å². The first-order valence-corrected chi connectivity index (χ1v) is 10.8. The van der Waals surface area contributed by atoms with Gasteiger partial charge in [0.2, 0.25) is 0 Å². The Bertz CT molecular complexity index is 1200. The molecule has 2 atom stereocenters. The van der Waals surface area contributed by atoms with Gasteiger partial charge in [0.1, 0.15) is 23.9 Å². The SMILES string of the molecule is O=c1c(-c2ccc(OC(F)(F)F)cc2)ccc2n1CC1CC2CN(Cc2ccc(CO)o2)C1. The summed E-state index contributed by atoms with van der Waals surface area (Å²) in [6.45, 7) is 2.77. The Hall–Kier alpha value is -3.04. The molecule has 0 spiro atoms. The smallest absolute Gasteiger partial charge is 0.462 e. The molecule has 1 aromatic carbocycles. The summed E-state index contributed by atoms with van der Waals surface area (Å²) in [7, 11) is 0. The molecule has 0 amide bonds. The Morgan fingerprint density at radius 1 is 1.00 bits per heavy atom. The van der Waals surface area contributed by atoms with Crippen molar-refractivity contribution in [2.75, 3.05) is 13.1 Å². The molecule has 9 heteroatoms. The summed E-state index contributed by atoms with van der Waals surface area (Å²) in [5.74, 6) is 1.57. The lowest BCUT2D eigenvalue weighted by molar-refractivity contribution is -0.274. The minimum Gasteiger partial charge on any atom is -0.462 e. The van der Waals surface area contributed by atoms with Gasteiger partial charge in [-0.15, -0.1) is 13.2 Å².